The first-order valence-corrected chi connectivity index (χ1v) is 9.21. The number of nitrogens with one attached hydrogen (secondary N) is 1. The maximum atomic E-state index is 14.0. The lowest BCUT2D eigenvalue weighted by Gasteiger charge is -2.32. The van der Waals surface area contributed by atoms with Crippen LogP contribution in [-0.2, 0) is 0 Å². The number of carbonyl (C=O) groups is 1. The van der Waals surface area contributed by atoms with Gasteiger partial charge in [-0.3, -0.25) is 4.79 Å². The fraction of sp³-hybridized carbons (Fsp3) is 0.227. The Labute approximate surface area is 160 Å². The number of benzene rings is 2. The Bertz CT molecular complexity index is 1010. The van der Waals surface area contributed by atoms with E-state index < -0.39 is 17.5 Å². The van der Waals surface area contributed by atoms with Crippen LogP contribution in [0.15, 0.2) is 54.6 Å². The van der Waals surface area contributed by atoms with Crippen molar-refractivity contribution < 1.29 is 18.0 Å². The smallest absolute Gasteiger partial charge is 0.256 e. The van der Waals surface area contributed by atoms with Crippen LogP contribution < -0.4 is 0 Å². The molecule has 1 saturated heterocycles. The third kappa shape index (κ3) is 3.54. The normalized spacial score (nSPS) is 17.0. The molecule has 0 aliphatic carbocycles. The van der Waals surface area contributed by atoms with Gasteiger partial charge in [-0.25, -0.2) is 13.2 Å². The van der Waals surface area contributed by atoms with Gasteiger partial charge in [0.1, 0.15) is 5.82 Å². The van der Waals surface area contributed by atoms with Gasteiger partial charge in [-0.15, -0.1) is 0 Å². The van der Waals surface area contributed by atoms with Crippen LogP contribution in [0.1, 0.15) is 34.8 Å². The number of aromatic nitrogens is 1. The van der Waals surface area contributed by atoms with E-state index >= 15 is 0 Å². The highest BCUT2D eigenvalue weighted by Crippen LogP contribution is 2.30. The molecule has 2 heterocycles. The summed E-state index contributed by atoms with van der Waals surface area (Å²) in [4.78, 5) is 17.6. The summed E-state index contributed by atoms with van der Waals surface area (Å²) in [5, 5.41) is 0. The standard InChI is InChI=1S/C22H19F3N2O/c23-17-6-2-1-5-16(17)22(28)27-11-3-4-15(13-27)21-10-9-20(26-21)14-7-8-18(24)19(25)12-14/h1-2,5-10,12,15,26H,3-4,11,13H2. The molecular formula is C22H19F3N2O. The van der Waals surface area contributed by atoms with Gasteiger partial charge < -0.3 is 9.88 Å². The van der Waals surface area contributed by atoms with Crippen LogP contribution in [-0.4, -0.2) is 28.9 Å². The Morgan fingerprint density at radius 2 is 1.79 bits per heavy atom. The number of H-pyrrole nitrogens is 1. The summed E-state index contributed by atoms with van der Waals surface area (Å²) in [5.41, 5.74) is 2.24. The first-order valence-electron chi connectivity index (χ1n) is 9.21. The van der Waals surface area contributed by atoms with Crippen molar-refractivity contribution in [1.29, 1.82) is 0 Å². The van der Waals surface area contributed by atoms with Gasteiger partial charge in [0.2, 0.25) is 0 Å². The molecule has 1 aliphatic heterocycles. The number of aromatic amines is 1. The molecule has 2 aromatic carbocycles. The third-order valence-corrected chi connectivity index (χ3v) is 5.19. The number of rotatable bonds is 3. The van der Waals surface area contributed by atoms with Gasteiger partial charge in [-0.1, -0.05) is 12.1 Å². The maximum Gasteiger partial charge on any atom is 0.256 e. The molecule has 0 saturated carbocycles. The zero-order valence-electron chi connectivity index (χ0n) is 15.1. The fourth-order valence-corrected chi connectivity index (χ4v) is 3.70. The van der Waals surface area contributed by atoms with Crippen LogP contribution in [0.25, 0.3) is 11.3 Å². The number of amides is 1. The predicted molar refractivity (Wildman–Crippen MR) is 100 cm³/mol. The minimum atomic E-state index is -0.895. The predicted octanol–water partition coefficient (Wildman–Crippen LogP) is 5.12. The van der Waals surface area contributed by atoms with Gasteiger partial charge in [0, 0.05) is 36.0 Å². The summed E-state index contributed by atoms with van der Waals surface area (Å²) in [6.07, 6.45) is 1.70. The highest BCUT2D eigenvalue weighted by atomic mass is 19.2. The molecular weight excluding hydrogens is 365 g/mol. The van der Waals surface area contributed by atoms with E-state index in [9.17, 15) is 18.0 Å². The van der Waals surface area contributed by atoms with Crippen molar-refractivity contribution in [3.63, 3.8) is 0 Å². The van der Waals surface area contributed by atoms with E-state index in [2.05, 4.69) is 4.98 Å². The van der Waals surface area contributed by atoms with E-state index in [0.29, 0.717) is 24.3 Å². The van der Waals surface area contributed by atoms with Crippen LogP contribution >= 0.6 is 0 Å². The van der Waals surface area contributed by atoms with Gasteiger partial charge in [-0.2, -0.15) is 0 Å². The molecule has 144 valence electrons. The van der Waals surface area contributed by atoms with Gasteiger partial charge in [0.25, 0.3) is 5.91 Å². The first-order chi connectivity index (χ1) is 13.5. The molecule has 1 fully saturated rings. The molecule has 0 radical (unpaired) electrons. The van der Waals surface area contributed by atoms with Crippen molar-refractivity contribution in [2.75, 3.05) is 13.1 Å². The van der Waals surface area contributed by atoms with E-state index in [1.54, 1.807) is 17.0 Å². The Balaban J connectivity index is 1.52. The van der Waals surface area contributed by atoms with Crippen LogP contribution in [0.4, 0.5) is 13.2 Å². The monoisotopic (exact) mass is 384 g/mol. The van der Waals surface area contributed by atoms with Crippen molar-refractivity contribution in [2.24, 2.45) is 0 Å². The van der Waals surface area contributed by atoms with E-state index in [1.165, 1.54) is 18.2 Å². The molecule has 4 rings (SSSR count). The molecule has 0 spiro atoms. The molecule has 1 unspecified atom stereocenters. The number of halogens is 3. The molecule has 1 aliphatic rings. The second-order valence-corrected chi connectivity index (χ2v) is 7.03. The summed E-state index contributed by atoms with van der Waals surface area (Å²) in [6.45, 7) is 1.06. The lowest BCUT2D eigenvalue weighted by molar-refractivity contribution is 0.0701. The first kappa shape index (κ1) is 18.3. The summed E-state index contributed by atoms with van der Waals surface area (Å²) in [5.74, 6) is -2.54. The van der Waals surface area contributed by atoms with Crippen molar-refractivity contribution >= 4 is 5.91 Å². The van der Waals surface area contributed by atoms with Crippen molar-refractivity contribution in [3.8, 4) is 11.3 Å². The van der Waals surface area contributed by atoms with Crippen LogP contribution in [0.3, 0.4) is 0 Å². The molecule has 0 bridgehead atoms. The molecule has 3 aromatic rings. The number of carbonyl (C=O) groups excluding carboxylic acids is 1. The summed E-state index contributed by atoms with van der Waals surface area (Å²) < 4.78 is 40.6. The maximum absolute atomic E-state index is 14.0. The molecule has 6 heteroatoms. The van der Waals surface area contributed by atoms with Gasteiger partial charge >= 0.3 is 0 Å². The second-order valence-electron chi connectivity index (χ2n) is 7.03. The Kier molecular flexibility index (Phi) is 4.94. The SMILES string of the molecule is O=C(c1ccccc1F)N1CCCC(c2ccc(-c3ccc(F)c(F)c3)[nH]2)C1. The van der Waals surface area contributed by atoms with Gasteiger partial charge in [-0.05, 0) is 55.3 Å². The average molecular weight is 384 g/mol. The van der Waals surface area contributed by atoms with Crippen LogP contribution in [0, 0.1) is 17.5 Å². The number of hydrogen-bond acceptors (Lipinski definition) is 1. The lowest BCUT2D eigenvalue weighted by Crippen LogP contribution is -2.39. The van der Waals surface area contributed by atoms with E-state index in [4.69, 9.17) is 0 Å². The highest BCUT2D eigenvalue weighted by molar-refractivity contribution is 5.94. The number of hydrogen-bond donors (Lipinski definition) is 1. The largest absolute Gasteiger partial charge is 0.358 e. The fourth-order valence-electron chi connectivity index (χ4n) is 3.70. The molecule has 3 nitrogen and oxygen atoms in total. The Morgan fingerprint density at radius 1 is 0.964 bits per heavy atom. The van der Waals surface area contributed by atoms with Gasteiger partial charge in [0.15, 0.2) is 11.6 Å². The zero-order valence-corrected chi connectivity index (χ0v) is 15.1. The molecule has 1 aromatic heterocycles. The average Bonchev–Trinajstić information content (AvgIpc) is 3.20. The van der Waals surface area contributed by atoms with E-state index in [-0.39, 0.29) is 17.4 Å². The minimum Gasteiger partial charge on any atom is -0.358 e. The van der Waals surface area contributed by atoms with Gasteiger partial charge in [0.05, 0.1) is 5.56 Å². The second kappa shape index (κ2) is 7.54. The third-order valence-electron chi connectivity index (χ3n) is 5.19. The Hall–Kier alpha value is -3.02. The highest BCUT2D eigenvalue weighted by Gasteiger charge is 2.27. The zero-order chi connectivity index (χ0) is 19.7. The van der Waals surface area contributed by atoms with Crippen LogP contribution in [0.5, 0.6) is 0 Å². The topological polar surface area (TPSA) is 36.1 Å². The molecule has 1 atom stereocenters. The van der Waals surface area contributed by atoms with Crippen molar-refractivity contribution in [3.05, 3.63) is 83.3 Å². The van der Waals surface area contributed by atoms with E-state index in [1.807, 2.05) is 12.1 Å². The van der Waals surface area contributed by atoms with Crippen molar-refractivity contribution in [1.82, 2.24) is 9.88 Å². The summed E-state index contributed by atoms with van der Waals surface area (Å²) >= 11 is 0. The molecule has 1 N–H and O–H groups in total. The number of piperidine rings is 1. The summed E-state index contributed by atoms with van der Waals surface area (Å²) in [6, 6.07) is 13.5. The summed E-state index contributed by atoms with van der Waals surface area (Å²) in [7, 11) is 0. The Morgan fingerprint density at radius 3 is 2.57 bits per heavy atom. The lowest BCUT2D eigenvalue weighted by atomic mass is 9.94. The van der Waals surface area contributed by atoms with E-state index in [0.717, 1.165) is 30.7 Å². The molecule has 28 heavy (non-hydrogen) atoms. The minimum absolute atomic E-state index is 0.0727. The number of nitrogens with zero attached hydrogens (tertiary/aromatic N) is 1. The van der Waals surface area contributed by atoms with Crippen LogP contribution in [0.2, 0.25) is 0 Å². The number of likely N-dealkylation sites (tertiary alicyclic amines) is 1. The van der Waals surface area contributed by atoms with Crippen molar-refractivity contribution in [2.45, 2.75) is 18.8 Å². The quantitative estimate of drug-likeness (QED) is 0.669. The molecule has 1 amide bonds.